The molecule has 0 heteroatoms. The van der Waals surface area contributed by atoms with E-state index < -0.39 is 0 Å². The Hall–Kier alpha value is -4.16. The highest BCUT2D eigenvalue weighted by Gasteiger charge is 2.50. The summed E-state index contributed by atoms with van der Waals surface area (Å²) in [6.07, 6.45) is 9.65. The molecule has 2 atom stereocenters. The van der Waals surface area contributed by atoms with E-state index in [4.69, 9.17) is 0 Å². The van der Waals surface area contributed by atoms with E-state index >= 15 is 0 Å². The second-order valence-corrected chi connectivity index (χ2v) is 12.5. The molecular formula is C40H34. The molecule has 2 unspecified atom stereocenters. The molecule has 0 aromatic heterocycles. The summed E-state index contributed by atoms with van der Waals surface area (Å²) in [7, 11) is 0. The molecule has 0 bridgehead atoms. The maximum atomic E-state index is 2.63. The lowest BCUT2D eigenvalue weighted by atomic mass is 9.68. The van der Waals surface area contributed by atoms with Crippen LogP contribution in [0.25, 0.3) is 33.5 Å². The van der Waals surface area contributed by atoms with E-state index in [0.29, 0.717) is 11.8 Å². The lowest BCUT2D eigenvalue weighted by Gasteiger charge is -2.35. The van der Waals surface area contributed by atoms with Gasteiger partial charge in [-0.2, -0.15) is 0 Å². The Labute approximate surface area is 237 Å². The molecule has 0 nitrogen and oxygen atoms in total. The average Bonchev–Trinajstić information content (AvgIpc) is 3.23. The minimum Gasteiger partial charge on any atom is -0.0836 e. The molecule has 40 heavy (non-hydrogen) atoms. The lowest BCUT2D eigenvalue weighted by molar-refractivity contribution is 0.389. The zero-order valence-corrected chi connectivity index (χ0v) is 23.5. The Morgan fingerprint density at radius 3 is 2.33 bits per heavy atom. The average molecular weight is 515 g/mol. The van der Waals surface area contributed by atoms with Crippen molar-refractivity contribution in [2.45, 2.75) is 44.9 Å². The molecule has 8 rings (SSSR count). The topological polar surface area (TPSA) is 0 Å². The molecule has 0 N–H and O–H groups in total. The van der Waals surface area contributed by atoms with Gasteiger partial charge in [0.05, 0.1) is 0 Å². The Morgan fingerprint density at radius 2 is 1.48 bits per heavy atom. The van der Waals surface area contributed by atoms with Crippen molar-refractivity contribution in [1.82, 2.24) is 0 Å². The monoisotopic (exact) mass is 514 g/mol. The molecule has 0 aliphatic heterocycles. The zero-order chi connectivity index (χ0) is 27.0. The number of hydrogen-bond donors (Lipinski definition) is 0. The van der Waals surface area contributed by atoms with Crippen molar-refractivity contribution in [1.29, 1.82) is 0 Å². The summed E-state index contributed by atoms with van der Waals surface area (Å²) in [4.78, 5) is 0. The van der Waals surface area contributed by atoms with E-state index in [1.165, 1.54) is 60.9 Å². The van der Waals surface area contributed by atoms with Crippen LogP contribution in [0.4, 0.5) is 0 Å². The van der Waals surface area contributed by atoms with Crippen molar-refractivity contribution in [2.24, 2.45) is 5.92 Å². The molecule has 0 saturated heterocycles. The molecular weight excluding hydrogens is 480 g/mol. The number of benzene rings is 5. The second kappa shape index (κ2) is 8.67. The summed E-state index contributed by atoms with van der Waals surface area (Å²) in [6, 6.07) is 36.6. The molecule has 194 valence electrons. The fourth-order valence-electron chi connectivity index (χ4n) is 7.84. The molecule has 0 fully saturated rings. The van der Waals surface area contributed by atoms with Crippen molar-refractivity contribution in [3.05, 3.63) is 154 Å². The number of aryl methyl sites for hydroxylation is 1. The maximum Gasteiger partial charge on any atom is 0.0173 e. The maximum absolute atomic E-state index is 2.63. The fraction of sp³-hybridized carbons (Fsp3) is 0.200. The standard InChI is InChI=1S/C40H34/c1-25-16-18-27(19-17-25)34-23-36-38(32-14-8-6-12-30(32)34)39-33-15-9-7-13-31(33)35(24-37(39)40(36,2)3)29-21-20-26-10-4-5-11-28(26)22-29/h4-7,9-13,15-24,37,39H,8,14H2,1-3H3. The van der Waals surface area contributed by atoms with E-state index in [-0.39, 0.29) is 5.41 Å². The van der Waals surface area contributed by atoms with Crippen molar-refractivity contribution in [3.63, 3.8) is 0 Å². The molecule has 0 amide bonds. The highest BCUT2D eigenvalue weighted by atomic mass is 14.5. The van der Waals surface area contributed by atoms with Gasteiger partial charge in [-0.1, -0.05) is 123 Å². The van der Waals surface area contributed by atoms with Crippen molar-refractivity contribution >= 4 is 22.4 Å². The van der Waals surface area contributed by atoms with Crippen LogP contribution in [0.2, 0.25) is 0 Å². The highest BCUT2D eigenvalue weighted by Crippen LogP contribution is 2.60. The van der Waals surface area contributed by atoms with Crippen LogP contribution < -0.4 is 0 Å². The first-order valence-electron chi connectivity index (χ1n) is 14.7. The van der Waals surface area contributed by atoms with E-state index in [2.05, 4.69) is 136 Å². The predicted molar refractivity (Wildman–Crippen MR) is 170 cm³/mol. The van der Waals surface area contributed by atoms with Crippen LogP contribution in [-0.2, 0) is 11.8 Å². The SMILES string of the molecule is Cc1ccc(-c2cc3c(c4c2C=CCC4)C2c4ccccc4C(c4ccc5ccccc5c4)=CC2C3(C)C)cc1. The van der Waals surface area contributed by atoms with Gasteiger partial charge in [-0.25, -0.2) is 0 Å². The number of allylic oxidation sites excluding steroid dienone is 2. The largest absolute Gasteiger partial charge is 0.0836 e. The van der Waals surface area contributed by atoms with Gasteiger partial charge in [0.1, 0.15) is 0 Å². The summed E-state index contributed by atoms with van der Waals surface area (Å²) in [5.74, 6) is 0.792. The molecule has 0 saturated carbocycles. The van der Waals surface area contributed by atoms with Gasteiger partial charge in [-0.3, -0.25) is 0 Å². The van der Waals surface area contributed by atoms with Gasteiger partial charge in [0.25, 0.3) is 0 Å². The van der Waals surface area contributed by atoms with Crippen LogP contribution in [0.15, 0.2) is 109 Å². The third-order valence-corrected chi connectivity index (χ3v) is 9.92. The minimum absolute atomic E-state index is 0.0191. The lowest BCUT2D eigenvalue weighted by Crippen LogP contribution is -2.27. The van der Waals surface area contributed by atoms with E-state index in [1.54, 1.807) is 11.1 Å². The Bertz CT molecular complexity index is 1880. The van der Waals surface area contributed by atoms with Crippen molar-refractivity contribution < 1.29 is 0 Å². The van der Waals surface area contributed by atoms with Crippen LogP contribution in [-0.4, -0.2) is 0 Å². The quantitative estimate of drug-likeness (QED) is 0.220. The normalized spacial score (nSPS) is 19.9. The van der Waals surface area contributed by atoms with Crippen molar-refractivity contribution in [3.8, 4) is 11.1 Å². The summed E-state index contributed by atoms with van der Waals surface area (Å²) >= 11 is 0. The van der Waals surface area contributed by atoms with Gasteiger partial charge < -0.3 is 0 Å². The van der Waals surface area contributed by atoms with Crippen LogP contribution >= 0.6 is 0 Å². The molecule has 5 aromatic rings. The number of hydrogen-bond acceptors (Lipinski definition) is 0. The molecule has 0 heterocycles. The predicted octanol–water partition coefficient (Wildman–Crippen LogP) is 10.3. The summed E-state index contributed by atoms with van der Waals surface area (Å²) in [5, 5.41) is 2.60. The Balaban J connectivity index is 1.38. The Morgan fingerprint density at radius 1 is 0.725 bits per heavy atom. The first-order chi connectivity index (χ1) is 19.5. The van der Waals surface area contributed by atoms with E-state index in [1.807, 2.05) is 0 Å². The van der Waals surface area contributed by atoms with Crippen molar-refractivity contribution in [2.75, 3.05) is 0 Å². The number of rotatable bonds is 2. The van der Waals surface area contributed by atoms with Crippen LogP contribution in [0.1, 0.15) is 70.7 Å². The minimum atomic E-state index is 0.0191. The molecule has 3 aliphatic carbocycles. The van der Waals surface area contributed by atoms with Crippen LogP contribution in [0.3, 0.4) is 0 Å². The number of fused-ring (bicyclic) bond motifs is 8. The van der Waals surface area contributed by atoms with E-state index in [0.717, 1.165) is 12.8 Å². The summed E-state index contributed by atoms with van der Waals surface area (Å²) in [6.45, 7) is 7.15. The van der Waals surface area contributed by atoms with Gasteiger partial charge >= 0.3 is 0 Å². The van der Waals surface area contributed by atoms with E-state index in [9.17, 15) is 0 Å². The third-order valence-electron chi connectivity index (χ3n) is 9.92. The highest BCUT2D eigenvalue weighted by molar-refractivity contribution is 5.92. The molecule has 0 radical (unpaired) electrons. The Kier molecular flexibility index (Phi) is 5.14. The zero-order valence-electron chi connectivity index (χ0n) is 23.5. The molecule has 5 aromatic carbocycles. The molecule has 3 aliphatic rings. The smallest absolute Gasteiger partial charge is 0.0173 e. The summed E-state index contributed by atoms with van der Waals surface area (Å²) < 4.78 is 0. The van der Waals surface area contributed by atoms with Gasteiger partial charge in [0, 0.05) is 5.92 Å². The summed E-state index contributed by atoms with van der Waals surface area (Å²) in [5.41, 5.74) is 15.8. The second-order valence-electron chi connectivity index (χ2n) is 12.5. The fourth-order valence-corrected chi connectivity index (χ4v) is 7.84. The first kappa shape index (κ1) is 23.7. The van der Waals surface area contributed by atoms with Gasteiger partial charge in [0.15, 0.2) is 0 Å². The molecule has 0 spiro atoms. The van der Waals surface area contributed by atoms with Gasteiger partial charge in [-0.05, 0) is 110 Å². The van der Waals surface area contributed by atoms with Gasteiger partial charge in [0.2, 0.25) is 0 Å². The third kappa shape index (κ3) is 3.38. The van der Waals surface area contributed by atoms with Crippen LogP contribution in [0, 0.1) is 12.8 Å². The van der Waals surface area contributed by atoms with Crippen LogP contribution in [0.5, 0.6) is 0 Å². The first-order valence-corrected chi connectivity index (χ1v) is 14.7. The van der Waals surface area contributed by atoms with Gasteiger partial charge in [-0.15, -0.1) is 0 Å².